The molecule has 1 aliphatic heterocycles. The zero-order valence-electron chi connectivity index (χ0n) is 21.9. The maximum absolute atomic E-state index is 10.6. The van der Waals surface area contributed by atoms with Gasteiger partial charge in [0.25, 0.3) is 0 Å². The number of benzene rings is 2. The first-order chi connectivity index (χ1) is 15.7. The van der Waals surface area contributed by atoms with E-state index in [4.69, 9.17) is 4.74 Å². The first kappa shape index (κ1) is 25.7. The maximum Gasteiger partial charge on any atom is 0.136 e. The summed E-state index contributed by atoms with van der Waals surface area (Å²) < 4.78 is 6.62. The molecule has 0 bridgehead atoms. The summed E-state index contributed by atoms with van der Waals surface area (Å²) in [6.07, 6.45) is 16.0. The quantitative estimate of drug-likeness (QED) is 0.349. The number of ether oxygens (including phenoxy) is 1. The second kappa shape index (κ2) is 11.4. The van der Waals surface area contributed by atoms with Crippen LogP contribution in [0.3, 0.4) is 0 Å². The number of aromatic hydroxyl groups is 1. The molecular weight excluding hydrogens is 404 g/mol. The largest absolute Gasteiger partial charge is 0.507 e. The molecule has 0 spiro atoms. The van der Waals surface area contributed by atoms with Crippen LogP contribution in [-0.2, 0) is 0 Å². The third-order valence-electron chi connectivity index (χ3n) is 7.61. The van der Waals surface area contributed by atoms with Crippen molar-refractivity contribution < 1.29 is 9.84 Å². The zero-order valence-corrected chi connectivity index (χ0v) is 21.9. The van der Waals surface area contributed by atoms with Crippen LogP contribution < -0.4 is 4.74 Å². The molecule has 2 aromatic carbocycles. The van der Waals surface area contributed by atoms with Gasteiger partial charge in [-0.15, -0.1) is 0 Å². The third kappa shape index (κ3) is 6.78. The normalized spacial score (nSPS) is 19.5. The summed E-state index contributed by atoms with van der Waals surface area (Å²) in [4.78, 5) is 0. The summed E-state index contributed by atoms with van der Waals surface area (Å²) in [5.41, 5.74) is 1.62. The molecule has 0 fully saturated rings. The van der Waals surface area contributed by atoms with Gasteiger partial charge in [0.2, 0.25) is 0 Å². The molecule has 0 saturated carbocycles. The van der Waals surface area contributed by atoms with Crippen LogP contribution >= 0.6 is 0 Å². The van der Waals surface area contributed by atoms with Crippen LogP contribution in [0.15, 0.2) is 30.3 Å². The fourth-order valence-electron chi connectivity index (χ4n) is 5.28. The van der Waals surface area contributed by atoms with Crippen LogP contribution in [0.4, 0.5) is 0 Å². The molecule has 3 rings (SSSR count). The molecule has 182 valence electrons. The summed E-state index contributed by atoms with van der Waals surface area (Å²) in [5, 5.41) is 12.5. The molecule has 0 aromatic heterocycles. The number of phenolic OH excluding ortho intramolecular Hbond substituents is 1. The van der Waals surface area contributed by atoms with Crippen molar-refractivity contribution in [3.63, 3.8) is 0 Å². The molecule has 33 heavy (non-hydrogen) atoms. The average molecular weight is 451 g/mol. The van der Waals surface area contributed by atoms with Gasteiger partial charge in [-0.1, -0.05) is 103 Å². The van der Waals surface area contributed by atoms with E-state index in [0.717, 1.165) is 51.8 Å². The molecule has 0 amide bonds. The van der Waals surface area contributed by atoms with Gasteiger partial charge in [-0.05, 0) is 50.5 Å². The molecule has 3 atom stereocenters. The highest BCUT2D eigenvalue weighted by molar-refractivity contribution is 5.98. The van der Waals surface area contributed by atoms with E-state index < -0.39 is 0 Å². The van der Waals surface area contributed by atoms with Gasteiger partial charge in [-0.2, -0.15) is 0 Å². The monoisotopic (exact) mass is 450 g/mol. The fraction of sp³-hybridized carbons (Fsp3) is 0.613. The van der Waals surface area contributed by atoms with E-state index in [1.807, 2.05) is 25.1 Å². The number of fused-ring (bicyclic) bond motifs is 3. The third-order valence-corrected chi connectivity index (χ3v) is 7.61. The lowest BCUT2D eigenvalue weighted by Crippen LogP contribution is -2.32. The zero-order chi connectivity index (χ0) is 24.0. The molecule has 1 N–H and O–H groups in total. The highest BCUT2D eigenvalue weighted by Crippen LogP contribution is 2.45. The van der Waals surface area contributed by atoms with Crippen molar-refractivity contribution in [1.29, 1.82) is 0 Å². The Morgan fingerprint density at radius 2 is 1.42 bits per heavy atom. The SMILES string of the molecule is Cc1c2c(c3ccccc3c1O)OC(C)(CCCC(C)CCCC(C)CCCC(C)C)C=C2. The van der Waals surface area contributed by atoms with E-state index in [1.165, 1.54) is 51.4 Å². The minimum Gasteiger partial charge on any atom is -0.507 e. The topological polar surface area (TPSA) is 29.5 Å². The van der Waals surface area contributed by atoms with Gasteiger partial charge in [0, 0.05) is 21.9 Å². The van der Waals surface area contributed by atoms with Crippen LogP contribution in [0.5, 0.6) is 11.5 Å². The molecule has 1 aliphatic rings. The van der Waals surface area contributed by atoms with Gasteiger partial charge in [-0.3, -0.25) is 0 Å². The molecule has 1 heterocycles. The molecule has 2 heteroatoms. The Bertz CT molecular complexity index is 942. The van der Waals surface area contributed by atoms with Crippen LogP contribution in [-0.4, -0.2) is 10.7 Å². The van der Waals surface area contributed by atoms with Gasteiger partial charge in [0.05, 0.1) is 0 Å². The van der Waals surface area contributed by atoms with Gasteiger partial charge in [0.1, 0.15) is 17.1 Å². The summed E-state index contributed by atoms with van der Waals surface area (Å²) in [6, 6.07) is 8.02. The molecule has 0 radical (unpaired) electrons. The van der Waals surface area contributed by atoms with Crippen molar-refractivity contribution in [2.75, 3.05) is 0 Å². The van der Waals surface area contributed by atoms with Crippen LogP contribution in [0.1, 0.15) is 104 Å². The first-order valence-corrected chi connectivity index (χ1v) is 13.3. The van der Waals surface area contributed by atoms with Crippen LogP contribution in [0.25, 0.3) is 16.8 Å². The van der Waals surface area contributed by atoms with Crippen molar-refractivity contribution in [2.24, 2.45) is 17.8 Å². The van der Waals surface area contributed by atoms with Crippen LogP contribution in [0.2, 0.25) is 0 Å². The molecule has 3 unspecified atom stereocenters. The number of rotatable bonds is 12. The predicted molar refractivity (Wildman–Crippen MR) is 143 cm³/mol. The lowest BCUT2D eigenvalue weighted by molar-refractivity contribution is 0.124. The van der Waals surface area contributed by atoms with E-state index >= 15 is 0 Å². The molecule has 0 aliphatic carbocycles. The molecule has 0 saturated heterocycles. The minimum atomic E-state index is -0.288. The van der Waals surface area contributed by atoms with Crippen molar-refractivity contribution >= 4 is 16.8 Å². The summed E-state index contributed by atoms with van der Waals surface area (Å²) >= 11 is 0. The fourth-order valence-corrected chi connectivity index (χ4v) is 5.28. The van der Waals surface area contributed by atoms with Gasteiger partial charge in [0.15, 0.2) is 0 Å². The molecular formula is C31H46O2. The van der Waals surface area contributed by atoms with Crippen LogP contribution in [0, 0.1) is 24.7 Å². The van der Waals surface area contributed by atoms with E-state index in [1.54, 1.807) is 0 Å². The predicted octanol–water partition coefficient (Wildman–Crippen LogP) is 9.46. The maximum atomic E-state index is 10.6. The summed E-state index contributed by atoms with van der Waals surface area (Å²) in [5.74, 6) is 3.77. The highest BCUT2D eigenvalue weighted by Gasteiger charge is 2.30. The Kier molecular flexibility index (Phi) is 8.90. The lowest BCUT2D eigenvalue weighted by atomic mass is 9.88. The average Bonchev–Trinajstić information content (AvgIpc) is 2.77. The lowest BCUT2D eigenvalue weighted by Gasteiger charge is -2.33. The second-order valence-corrected chi connectivity index (χ2v) is 11.4. The number of phenols is 1. The molecule has 2 aromatic rings. The first-order valence-electron chi connectivity index (χ1n) is 13.3. The number of hydrogen-bond donors (Lipinski definition) is 1. The van der Waals surface area contributed by atoms with Crippen molar-refractivity contribution in [3.05, 3.63) is 41.5 Å². The Balaban J connectivity index is 1.48. The minimum absolute atomic E-state index is 0.288. The Hall–Kier alpha value is -1.96. The number of hydrogen-bond acceptors (Lipinski definition) is 2. The molecule has 2 nitrogen and oxygen atoms in total. The van der Waals surface area contributed by atoms with Crippen molar-refractivity contribution in [3.8, 4) is 11.5 Å². The standard InChI is InChI=1S/C31H46O2/c1-22(2)12-9-13-23(3)14-10-15-24(4)16-11-20-31(6)21-19-26-25(5)29(32)27-17-7-8-18-28(27)30(26)33-31/h7-8,17-19,21-24,32H,9-16,20H2,1-6H3. The van der Waals surface area contributed by atoms with E-state index in [2.05, 4.69) is 52.8 Å². The van der Waals surface area contributed by atoms with Crippen molar-refractivity contribution in [1.82, 2.24) is 0 Å². The Labute approximate surface area is 202 Å². The summed E-state index contributed by atoms with van der Waals surface area (Å²) in [6.45, 7) is 13.7. The van der Waals surface area contributed by atoms with Gasteiger partial charge < -0.3 is 9.84 Å². The second-order valence-electron chi connectivity index (χ2n) is 11.4. The summed E-state index contributed by atoms with van der Waals surface area (Å²) in [7, 11) is 0. The van der Waals surface area contributed by atoms with Crippen molar-refractivity contribution in [2.45, 2.75) is 105 Å². The van der Waals surface area contributed by atoms with Gasteiger partial charge >= 0.3 is 0 Å². The van der Waals surface area contributed by atoms with Gasteiger partial charge in [-0.25, -0.2) is 0 Å². The highest BCUT2D eigenvalue weighted by atomic mass is 16.5. The Morgan fingerprint density at radius 3 is 2.06 bits per heavy atom. The van der Waals surface area contributed by atoms with E-state index in [0.29, 0.717) is 5.75 Å². The van der Waals surface area contributed by atoms with E-state index in [9.17, 15) is 5.11 Å². The Morgan fingerprint density at radius 1 is 0.848 bits per heavy atom. The van der Waals surface area contributed by atoms with E-state index in [-0.39, 0.29) is 5.60 Å². The smallest absolute Gasteiger partial charge is 0.136 e.